The first-order chi connectivity index (χ1) is 14.8. The van der Waals surface area contributed by atoms with Gasteiger partial charge in [-0.3, -0.25) is 14.4 Å². The topological polar surface area (TPSA) is 128 Å². The Kier molecular flexibility index (Phi) is 4.65. The molecule has 0 saturated carbocycles. The number of aryl methyl sites for hydroxylation is 1. The Labute approximate surface area is 177 Å². The van der Waals surface area contributed by atoms with Crippen molar-refractivity contribution in [2.75, 3.05) is 18.2 Å². The zero-order valence-electron chi connectivity index (χ0n) is 16.8. The van der Waals surface area contributed by atoms with E-state index in [4.69, 9.17) is 13.7 Å². The van der Waals surface area contributed by atoms with E-state index in [1.54, 1.807) is 18.0 Å². The molecule has 3 aromatic rings. The van der Waals surface area contributed by atoms with E-state index in [2.05, 4.69) is 15.2 Å². The van der Waals surface area contributed by atoms with Gasteiger partial charge in [-0.05, 0) is 35.7 Å². The fraction of sp³-hybridized carbons (Fsp3) is 0.300. The van der Waals surface area contributed by atoms with Gasteiger partial charge in [0.1, 0.15) is 11.8 Å². The zero-order chi connectivity index (χ0) is 21.8. The van der Waals surface area contributed by atoms with E-state index in [-0.39, 0.29) is 12.6 Å². The summed E-state index contributed by atoms with van der Waals surface area (Å²) in [4.78, 5) is 27.7. The highest BCUT2D eigenvalue weighted by molar-refractivity contribution is 7.51. The van der Waals surface area contributed by atoms with Crippen LogP contribution in [0.5, 0.6) is 0 Å². The number of pyridine rings is 1. The van der Waals surface area contributed by atoms with Crippen molar-refractivity contribution in [3.63, 3.8) is 0 Å². The Hall–Kier alpha value is -3.07. The normalized spacial score (nSPS) is 21.5. The molecule has 2 aliphatic rings. The SMILES string of the molecule is Cc1nnc(-c2ccc(-c3ccc4c(c3)C[C@H]3[C@H](COP(C)(=O)O)OC(=O)N43)cn2)o1. The first kappa shape index (κ1) is 19.9. The lowest BCUT2D eigenvalue weighted by Gasteiger charge is -2.17. The van der Waals surface area contributed by atoms with Crippen LogP contribution in [0.15, 0.2) is 40.9 Å². The molecule has 5 rings (SSSR count). The number of rotatable bonds is 5. The molecule has 4 heterocycles. The number of nitrogens with zero attached hydrogens (tertiary/aromatic N) is 4. The molecule has 160 valence electrons. The molecule has 0 radical (unpaired) electrons. The van der Waals surface area contributed by atoms with Gasteiger partial charge in [0, 0.05) is 25.3 Å². The standard InChI is InChI=1S/C20H19N4O6P/c1-11-22-23-19(29-11)15-5-3-13(9-21-15)12-4-6-16-14(7-12)8-17-18(10-28-31(2,26)27)30-20(25)24(16)17/h3-7,9,17-18H,8,10H2,1-2H3,(H,26,27)/t17-,18-/m0/s1. The Bertz CT molecular complexity index is 1200. The summed E-state index contributed by atoms with van der Waals surface area (Å²) >= 11 is 0. The first-order valence-corrected chi connectivity index (χ1v) is 11.7. The molecule has 1 N–H and O–H groups in total. The largest absolute Gasteiger partial charge is 0.441 e. The Morgan fingerprint density at radius 3 is 2.74 bits per heavy atom. The van der Waals surface area contributed by atoms with Crippen LogP contribution in [-0.2, 0) is 20.2 Å². The molecule has 1 aromatic carbocycles. The maximum absolute atomic E-state index is 12.4. The summed E-state index contributed by atoms with van der Waals surface area (Å²) in [6.07, 6.45) is 1.21. The van der Waals surface area contributed by atoms with Crippen molar-refractivity contribution in [2.24, 2.45) is 0 Å². The number of aromatic nitrogens is 3. The van der Waals surface area contributed by atoms with Crippen molar-refractivity contribution in [1.29, 1.82) is 0 Å². The van der Waals surface area contributed by atoms with E-state index >= 15 is 0 Å². The number of carbonyl (C=O) groups excluding carboxylic acids is 1. The first-order valence-electron chi connectivity index (χ1n) is 9.63. The second-order valence-electron chi connectivity index (χ2n) is 7.56. The van der Waals surface area contributed by atoms with Crippen LogP contribution in [0.1, 0.15) is 11.5 Å². The minimum absolute atomic E-state index is 0.126. The third kappa shape index (κ3) is 3.74. The number of amides is 1. The lowest BCUT2D eigenvalue weighted by Crippen LogP contribution is -2.35. The fourth-order valence-corrected chi connectivity index (χ4v) is 4.33. The number of carbonyl (C=O) groups is 1. The molecule has 1 unspecified atom stereocenters. The van der Waals surface area contributed by atoms with Gasteiger partial charge in [0.05, 0.1) is 18.3 Å². The summed E-state index contributed by atoms with van der Waals surface area (Å²) in [6.45, 7) is 2.70. The number of benzene rings is 1. The number of anilines is 1. The summed E-state index contributed by atoms with van der Waals surface area (Å²) in [5.41, 5.74) is 4.22. The minimum Gasteiger partial charge on any atom is -0.441 e. The van der Waals surface area contributed by atoms with Crippen LogP contribution in [0.4, 0.5) is 10.5 Å². The summed E-state index contributed by atoms with van der Waals surface area (Å²) in [5, 5.41) is 7.78. The van der Waals surface area contributed by atoms with Crippen molar-refractivity contribution in [2.45, 2.75) is 25.5 Å². The highest BCUT2D eigenvalue weighted by atomic mass is 31.2. The van der Waals surface area contributed by atoms with Crippen molar-refractivity contribution in [1.82, 2.24) is 15.2 Å². The number of hydrogen-bond acceptors (Lipinski definition) is 8. The van der Waals surface area contributed by atoms with Crippen molar-refractivity contribution in [3.8, 4) is 22.7 Å². The molecule has 0 bridgehead atoms. The van der Waals surface area contributed by atoms with Crippen LogP contribution in [0.25, 0.3) is 22.7 Å². The third-order valence-electron chi connectivity index (χ3n) is 5.30. The Balaban J connectivity index is 1.37. The summed E-state index contributed by atoms with van der Waals surface area (Å²) in [6, 6.07) is 9.27. The molecule has 11 heteroatoms. The minimum atomic E-state index is -3.65. The van der Waals surface area contributed by atoms with E-state index in [1.165, 1.54) is 0 Å². The van der Waals surface area contributed by atoms with Crippen LogP contribution in [-0.4, -0.2) is 51.6 Å². The Morgan fingerprint density at radius 1 is 1.26 bits per heavy atom. The summed E-state index contributed by atoms with van der Waals surface area (Å²) < 4.78 is 27.2. The van der Waals surface area contributed by atoms with Crippen LogP contribution >= 0.6 is 7.60 Å². The molecule has 3 atom stereocenters. The van der Waals surface area contributed by atoms with Gasteiger partial charge in [0.25, 0.3) is 5.89 Å². The number of hydrogen-bond donors (Lipinski definition) is 1. The molecular formula is C20H19N4O6P. The van der Waals surface area contributed by atoms with E-state index in [9.17, 15) is 14.3 Å². The van der Waals surface area contributed by atoms with Crippen LogP contribution in [0.3, 0.4) is 0 Å². The fourth-order valence-electron chi connectivity index (χ4n) is 3.90. The smallest absolute Gasteiger partial charge is 0.415 e. The lowest BCUT2D eigenvalue weighted by molar-refractivity contribution is 0.0874. The molecule has 1 amide bonds. The van der Waals surface area contributed by atoms with Gasteiger partial charge >= 0.3 is 13.7 Å². The van der Waals surface area contributed by atoms with Gasteiger partial charge in [0.15, 0.2) is 0 Å². The summed E-state index contributed by atoms with van der Waals surface area (Å²) in [7, 11) is -3.65. The predicted octanol–water partition coefficient (Wildman–Crippen LogP) is 3.19. The quantitative estimate of drug-likeness (QED) is 0.593. The van der Waals surface area contributed by atoms with E-state index in [0.717, 1.165) is 29.0 Å². The highest BCUT2D eigenvalue weighted by Gasteiger charge is 2.48. The predicted molar refractivity (Wildman–Crippen MR) is 110 cm³/mol. The average molecular weight is 442 g/mol. The molecule has 0 aliphatic carbocycles. The zero-order valence-corrected chi connectivity index (χ0v) is 17.7. The lowest BCUT2D eigenvalue weighted by atomic mass is 10.0. The van der Waals surface area contributed by atoms with Gasteiger partial charge in [-0.1, -0.05) is 12.1 Å². The monoisotopic (exact) mass is 442 g/mol. The van der Waals surface area contributed by atoms with Gasteiger partial charge in [-0.25, -0.2) is 4.79 Å². The Morgan fingerprint density at radius 2 is 2.06 bits per heavy atom. The molecule has 1 fully saturated rings. The maximum Gasteiger partial charge on any atom is 0.415 e. The number of cyclic esters (lactones) is 1. The van der Waals surface area contributed by atoms with E-state index < -0.39 is 19.8 Å². The van der Waals surface area contributed by atoms with Crippen LogP contribution in [0, 0.1) is 6.92 Å². The van der Waals surface area contributed by atoms with Crippen molar-refractivity contribution >= 4 is 19.4 Å². The molecule has 1 saturated heterocycles. The van der Waals surface area contributed by atoms with Gasteiger partial charge in [0.2, 0.25) is 5.89 Å². The van der Waals surface area contributed by atoms with Crippen LogP contribution < -0.4 is 4.90 Å². The second kappa shape index (κ2) is 7.26. The van der Waals surface area contributed by atoms with E-state index in [1.807, 2.05) is 30.3 Å². The molecule has 0 spiro atoms. The molecule has 10 nitrogen and oxygen atoms in total. The number of fused-ring (bicyclic) bond motifs is 3. The van der Waals surface area contributed by atoms with Gasteiger partial charge < -0.3 is 18.6 Å². The third-order valence-corrected chi connectivity index (χ3v) is 5.93. The number of ether oxygens (including phenoxy) is 1. The van der Waals surface area contributed by atoms with Crippen molar-refractivity contribution in [3.05, 3.63) is 48.0 Å². The van der Waals surface area contributed by atoms with E-state index in [0.29, 0.717) is 23.9 Å². The molecule has 2 aliphatic heterocycles. The van der Waals surface area contributed by atoms with Gasteiger partial charge in [-0.15, -0.1) is 10.2 Å². The van der Waals surface area contributed by atoms with Gasteiger partial charge in [-0.2, -0.15) is 0 Å². The maximum atomic E-state index is 12.4. The second-order valence-corrected chi connectivity index (χ2v) is 9.43. The average Bonchev–Trinajstić information content (AvgIpc) is 3.41. The molecule has 2 aromatic heterocycles. The molecule has 31 heavy (non-hydrogen) atoms. The van der Waals surface area contributed by atoms with Crippen LogP contribution in [0.2, 0.25) is 0 Å². The highest BCUT2D eigenvalue weighted by Crippen LogP contribution is 2.43. The van der Waals surface area contributed by atoms with Crippen molar-refractivity contribution < 1.29 is 27.9 Å². The molecular weight excluding hydrogens is 423 g/mol. The summed E-state index contributed by atoms with van der Waals surface area (Å²) in [5.74, 6) is 0.841.